The van der Waals surface area contributed by atoms with Gasteiger partial charge in [-0.15, -0.1) is 0 Å². The van der Waals surface area contributed by atoms with Crippen LogP contribution >= 0.6 is 15.9 Å². The molecule has 1 aromatic heterocycles. The third kappa shape index (κ3) is 4.77. The highest BCUT2D eigenvalue weighted by Gasteiger charge is 2.35. The first-order chi connectivity index (χ1) is 12.9. The van der Waals surface area contributed by atoms with Gasteiger partial charge >= 0.3 is 6.18 Å². The van der Waals surface area contributed by atoms with E-state index < -0.39 is 11.7 Å². The van der Waals surface area contributed by atoms with Crippen LogP contribution in [0.2, 0.25) is 0 Å². The van der Waals surface area contributed by atoms with Crippen LogP contribution in [0.5, 0.6) is 0 Å². The molecule has 0 spiro atoms. The Bertz CT molecular complexity index is 927. The summed E-state index contributed by atoms with van der Waals surface area (Å²) >= 11 is 3.31. The molecule has 3 aromatic rings. The summed E-state index contributed by atoms with van der Waals surface area (Å²) in [4.78, 5) is 7.85. The minimum absolute atomic E-state index is 0.0711. The second-order valence-corrected chi connectivity index (χ2v) is 6.59. The van der Waals surface area contributed by atoms with Crippen molar-refractivity contribution in [2.45, 2.75) is 19.5 Å². The van der Waals surface area contributed by atoms with Crippen LogP contribution in [0.4, 0.5) is 36.3 Å². The van der Waals surface area contributed by atoms with E-state index in [1.165, 1.54) is 0 Å². The quantitative estimate of drug-likeness (QED) is 0.492. The SMILES string of the molecule is CCc1ccc(Nc2ncc(C(F)(F)F)c(Nc3ccccc3Br)n2)cc1. The standard InChI is InChI=1S/C19H16BrF3N4/c1-2-12-7-9-13(10-8-12)25-18-24-11-14(19(21,22)23)17(27-18)26-16-6-4-3-5-15(16)20/h3-11H,2H2,1H3,(H2,24,25,26,27). The summed E-state index contributed by atoms with van der Waals surface area (Å²) in [5.41, 5.74) is 1.38. The Balaban J connectivity index is 1.93. The van der Waals surface area contributed by atoms with Crippen LogP contribution < -0.4 is 10.6 Å². The molecule has 0 aliphatic heterocycles. The number of halogens is 4. The molecule has 0 amide bonds. The number of alkyl halides is 3. The number of anilines is 4. The van der Waals surface area contributed by atoms with E-state index in [4.69, 9.17) is 0 Å². The second-order valence-electron chi connectivity index (χ2n) is 5.73. The summed E-state index contributed by atoms with van der Waals surface area (Å²) in [5, 5.41) is 5.67. The van der Waals surface area contributed by atoms with Crippen molar-refractivity contribution in [2.24, 2.45) is 0 Å². The molecule has 1 heterocycles. The molecule has 140 valence electrons. The van der Waals surface area contributed by atoms with Gasteiger partial charge in [0.05, 0.1) is 5.69 Å². The van der Waals surface area contributed by atoms with Crippen LogP contribution in [0.25, 0.3) is 0 Å². The number of para-hydroxylation sites is 1. The zero-order valence-corrected chi connectivity index (χ0v) is 15.9. The van der Waals surface area contributed by atoms with Crippen LogP contribution in [-0.4, -0.2) is 9.97 Å². The minimum atomic E-state index is -4.58. The molecule has 0 radical (unpaired) electrons. The van der Waals surface area contributed by atoms with Crippen LogP contribution in [0, 0.1) is 0 Å². The summed E-state index contributed by atoms with van der Waals surface area (Å²) in [6.07, 6.45) is -2.91. The van der Waals surface area contributed by atoms with E-state index in [0.717, 1.165) is 18.2 Å². The largest absolute Gasteiger partial charge is 0.421 e. The maximum Gasteiger partial charge on any atom is 0.421 e. The summed E-state index contributed by atoms with van der Waals surface area (Å²) in [6, 6.07) is 14.4. The third-order valence-electron chi connectivity index (χ3n) is 3.84. The average Bonchev–Trinajstić information content (AvgIpc) is 2.63. The Hall–Kier alpha value is -2.61. The Kier molecular flexibility index (Phi) is 5.65. The Morgan fingerprint density at radius 1 is 1.00 bits per heavy atom. The highest BCUT2D eigenvalue weighted by Crippen LogP contribution is 2.36. The third-order valence-corrected chi connectivity index (χ3v) is 4.53. The van der Waals surface area contributed by atoms with Crippen molar-refractivity contribution in [3.63, 3.8) is 0 Å². The van der Waals surface area contributed by atoms with E-state index in [1.54, 1.807) is 24.3 Å². The fraction of sp³-hybridized carbons (Fsp3) is 0.158. The Morgan fingerprint density at radius 3 is 2.33 bits per heavy atom. The number of hydrogen-bond acceptors (Lipinski definition) is 4. The lowest BCUT2D eigenvalue weighted by Gasteiger charge is -2.15. The molecule has 0 bridgehead atoms. The predicted molar refractivity (Wildman–Crippen MR) is 104 cm³/mol. The molecule has 0 saturated carbocycles. The topological polar surface area (TPSA) is 49.8 Å². The zero-order chi connectivity index (χ0) is 19.4. The van der Waals surface area contributed by atoms with Crippen LogP contribution in [0.15, 0.2) is 59.2 Å². The van der Waals surface area contributed by atoms with Gasteiger partial charge in [0.2, 0.25) is 5.95 Å². The van der Waals surface area contributed by atoms with Crippen LogP contribution in [0.1, 0.15) is 18.1 Å². The zero-order valence-electron chi connectivity index (χ0n) is 14.3. The van der Waals surface area contributed by atoms with Crippen molar-refractivity contribution < 1.29 is 13.2 Å². The fourth-order valence-electron chi connectivity index (χ4n) is 2.39. The lowest BCUT2D eigenvalue weighted by Crippen LogP contribution is -2.12. The molecular weight excluding hydrogens is 421 g/mol. The van der Waals surface area contributed by atoms with Crippen LogP contribution in [-0.2, 0) is 12.6 Å². The molecule has 0 atom stereocenters. The van der Waals surface area contributed by atoms with Crippen molar-refractivity contribution in [3.05, 3.63) is 70.3 Å². The summed E-state index contributed by atoms with van der Waals surface area (Å²) in [5.74, 6) is -0.251. The lowest BCUT2D eigenvalue weighted by molar-refractivity contribution is -0.137. The van der Waals surface area contributed by atoms with Crippen molar-refractivity contribution in [1.82, 2.24) is 9.97 Å². The molecule has 8 heteroatoms. The minimum Gasteiger partial charge on any atom is -0.339 e. The normalized spacial score (nSPS) is 11.3. The highest BCUT2D eigenvalue weighted by molar-refractivity contribution is 9.10. The van der Waals surface area contributed by atoms with Gasteiger partial charge in [-0.05, 0) is 52.2 Å². The number of nitrogens with zero attached hydrogens (tertiary/aromatic N) is 2. The van der Waals surface area contributed by atoms with E-state index >= 15 is 0 Å². The lowest BCUT2D eigenvalue weighted by atomic mass is 10.1. The molecule has 0 fully saturated rings. The monoisotopic (exact) mass is 436 g/mol. The van der Waals surface area contributed by atoms with E-state index in [1.807, 2.05) is 31.2 Å². The molecule has 27 heavy (non-hydrogen) atoms. The van der Waals surface area contributed by atoms with Crippen molar-refractivity contribution >= 4 is 39.1 Å². The molecule has 2 N–H and O–H groups in total. The van der Waals surface area contributed by atoms with Crippen molar-refractivity contribution in [3.8, 4) is 0 Å². The maximum atomic E-state index is 13.3. The van der Waals surface area contributed by atoms with Crippen molar-refractivity contribution in [1.29, 1.82) is 0 Å². The van der Waals surface area contributed by atoms with E-state index in [0.29, 0.717) is 15.8 Å². The first kappa shape index (κ1) is 19.2. The van der Waals surface area contributed by atoms with Gasteiger partial charge in [-0.1, -0.05) is 31.2 Å². The molecule has 0 aliphatic rings. The number of aryl methyl sites for hydroxylation is 1. The van der Waals surface area contributed by atoms with Gasteiger partial charge in [-0.3, -0.25) is 0 Å². The molecule has 2 aromatic carbocycles. The van der Waals surface area contributed by atoms with Gasteiger partial charge in [-0.25, -0.2) is 4.98 Å². The number of aromatic nitrogens is 2. The number of nitrogens with one attached hydrogen (secondary N) is 2. The van der Waals surface area contributed by atoms with E-state index in [2.05, 4.69) is 36.5 Å². The maximum absolute atomic E-state index is 13.3. The second kappa shape index (κ2) is 7.96. The Morgan fingerprint density at radius 2 is 1.70 bits per heavy atom. The summed E-state index contributed by atoms with van der Waals surface area (Å²) < 4.78 is 40.7. The molecule has 0 aliphatic carbocycles. The Labute approximate surface area is 163 Å². The molecular formula is C19H16BrF3N4. The van der Waals surface area contributed by atoms with Gasteiger partial charge < -0.3 is 10.6 Å². The highest BCUT2D eigenvalue weighted by atomic mass is 79.9. The van der Waals surface area contributed by atoms with Gasteiger partial charge in [0.1, 0.15) is 11.4 Å². The summed E-state index contributed by atoms with van der Waals surface area (Å²) in [7, 11) is 0. The fourth-order valence-corrected chi connectivity index (χ4v) is 2.77. The number of benzene rings is 2. The first-order valence-electron chi connectivity index (χ1n) is 8.18. The predicted octanol–water partition coefficient (Wildman–Crippen LogP) is 6.31. The van der Waals surface area contributed by atoms with E-state index in [9.17, 15) is 13.2 Å². The average molecular weight is 437 g/mol. The molecule has 3 rings (SSSR count). The van der Waals surface area contributed by atoms with Gasteiger partial charge in [0.25, 0.3) is 0 Å². The van der Waals surface area contributed by atoms with Gasteiger partial charge in [0, 0.05) is 16.4 Å². The van der Waals surface area contributed by atoms with Gasteiger partial charge in [-0.2, -0.15) is 18.2 Å². The molecule has 0 unspecified atom stereocenters. The first-order valence-corrected chi connectivity index (χ1v) is 8.98. The van der Waals surface area contributed by atoms with Gasteiger partial charge in [0.15, 0.2) is 0 Å². The molecule has 0 saturated heterocycles. The van der Waals surface area contributed by atoms with Crippen LogP contribution in [0.3, 0.4) is 0 Å². The number of rotatable bonds is 5. The number of hydrogen-bond donors (Lipinski definition) is 2. The van der Waals surface area contributed by atoms with E-state index in [-0.39, 0.29) is 11.8 Å². The summed E-state index contributed by atoms with van der Waals surface area (Å²) in [6.45, 7) is 2.04. The van der Waals surface area contributed by atoms with Crippen molar-refractivity contribution in [2.75, 3.05) is 10.6 Å². The smallest absolute Gasteiger partial charge is 0.339 e. The molecule has 4 nitrogen and oxygen atoms in total.